The Morgan fingerprint density at radius 3 is 2.54 bits per heavy atom. The second kappa shape index (κ2) is 6.23. The van der Waals surface area contributed by atoms with Gasteiger partial charge in [-0.15, -0.1) is 0 Å². The Morgan fingerprint density at radius 2 is 2.00 bits per heavy atom. The van der Waals surface area contributed by atoms with Gasteiger partial charge in [0.15, 0.2) is 0 Å². The first kappa shape index (κ1) is 17.6. The summed E-state index contributed by atoms with van der Waals surface area (Å²) in [6, 6.07) is 5.48. The molecule has 24 heavy (non-hydrogen) atoms. The van der Waals surface area contributed by atoms with Crippen LogP contribution >= 0.6 is 23.2 Å². The van der Waals surface area contributed by atoms with Gasteiger partial charge in [-0.05, 0) is 42.4 Å². The lowest BCUT2D eigenvalue weighted by Crippen LogP contribution is -2.41. The standard InChI is InChI=1S/C18H21Cl2NO3/c1-10(2)18(17(23)24)5-6-21(9-18)16(22)13-8-12(13)11-3-4-14(19)15(20)7-11/h3-4,7,10,12-13H,5-6,8-9H2,1-2H3,(H,23,24). The normalized spacial score (nSPS) is 29.1. The molecule has 0 radical (unpaired) electrons. The van der Waals surface area contributed by atoms with Gasteiger partial charge in [0.25, 0.3) is 0 Å². The van der Waals surface area contributed by atoms with Crippen LogP contribution in [0.5, 0.6) is 0 Å². The van der Waals surface area contributed by atoms with E-state index in [-0.39, 0.29) is 23.7 Å². The Balaban J connectivity index is 1.69. The molecule has 1 heterocycles. The fourth-order valence-corrected chi connectivity index (χ4v) is 4.03. The van der Waals surface area contributed by atoms with E-state index < -0.39 is 11.4 Å². The van der Waals surface area contributed by atoms with Crippen LogP contribution in [-0.2, 0) is 9.59 Å². The van der Waals surface area contributed by atoms with E-state index >= 15 is 0 Å². The first-order valence-corrected chi connectivity index (χ1v) is 8.99. The van der Waals surface area contributed by atoms with E-state index in [1.165, 1.54) is 0 Å². The summed E-state index contributed by atoms with van der Waals surface area (Å²) < 4.78 is 0. The second-order valence-corrected chi connectivity index (χ2v) is 8.06. The van der Waals surface area contributed by atoms with Gasteiger partial charge < -0.3 is 10.0 Å². The summed E-state index contributed by atoms with van der Waals surface area (Å²) in [7, 11) is 0. The maximum Gasteiger partial charge on any atom is 0.311 e. The number of carboxylic acid groups (broad SMARTS) is 1. The molecule has 1 aromatic carbocycles. The van der Waals surface area contributed by atoms with Crippen LogP contribution in [0.2, 0.25) is 10.0 Å². The first-order valence-electron chi connectivity index (χ1n) is 8.23. The zero-order valence-electron chi connectivity index (χ0n) is 13.8. The molecule has 3 rings (SSSR count). The monoisotopic (exact) mass is 369 g/mol. The van der Waals surface area contributed by atoms with Crippen LogP contribution in [0.15, 0.2) is 18.2 Å². The first-order chi connectivity index (χ1) is 11.3. The highest BCUT2D eigenvalue weighted by Crippen LogP contribution is 2.50. The van der Waals surface area contributed by atoms with Crippen molar-refractivity contribution in [3.05, 3.63) is 33.8 Å². The third-order valence-corrected chi connectivity index (χ3v) is 6.36. The molecule has 0 spiro atoms. The number of rotatable bonds is 4. The highest BCUT2D eigenvalue weighted by atomic mass is 35.5. The lowest BCUT2D eigenvalue weighted by Gasteiger charge is -2.28. The average Bonchev–Trinajstić information content (AvgIpc) is 3.18. The number of nitrogens with zero attached hydrogens (tertiary/aromatic N) is 1. The van der Waals surface area contributed by atoms with Gasteiger partial charge in [-0.1, -0.05) is 43.1 Å². The minimum Gasteiger partial charge on any atom is -0.481 e. The molecule has 1 N–H and O–H groups in total. The zero-order valence-corrected chi connectivity index (χ0v) is 15.3. The van der Waals surface area contributed by atoms with Crippen molar-refractivity contribution in [3.8, 4) is 0 Å². The molecule has 4 nitrogen and oxygen atoms in total. The van der Waals surface area contributed by atoms with Crippen LogP contribution in [0.1, 0.15) is 38.2 Å². The number of carboxylic acids is 1. The van der Waals surface area contributed by atoms with Crippen molar-refractivity contribution in [1.29, 1.82) is 0 Å². The molecule has 2 fully saturated rings. The molecule has 1 saturated carbocycles. The van der Waals surface area contributed by atoms with Crippen LogP contribution in [0.25, 0.3) is 0 Å². The molecular weight excluding hydrogens is 349 g/mol. The van der Waals surface area contributed by atoms with Gasteiger partial charge in [0, 0.05) is 19.0 Å². The summed E-state index contributed by atoms with van der Waals surface area (Å²) in [5, 5.41) is 10.6. The van der Waals surface area contributed by atoms with Gasteiger partial charge in [0.2, 0.25) is 5.91 Å². The highest BCUT2D eigenvalue weighted by Gasteiger charge is 2.52. The molecule has 6 heteroatoms. The summed E-state index contributed by atoms with van der Waals surface area (Å²) in [5.41, 5.74) is 0.208. The topological polar surface area (TPSA) is 57.6 Å². The molecule has 1 aliphatic heterocycles. The van der Waals surface area contributed by atoms with Crippen molar-refractivity contribution in [3.63, 3.8) is 0 Å². The van der Waals surface area contributed by atoms with E-state index in [2.05, 4.69) is 0 Å². The predicted octanol–water partition coefficient (Wildman–Crippen LogP) is 4.06. The Hall–Kier alpha value is -1.26. The fourth-order valence-electron chi connectivity index (χ4n) is 3.73. The van der Waals surface area contributed by atoms with Gasteiger partial charge in [0.05, 0.1) is 15.5 Å². The molecule has 3 unspecified atom stereocenters. The zero-order chi connectivity index (χ0) is 17.6. The number of likely N-dealkylation sites (tertiary alicyclic amines) is 1. The quantitative estimate of drug-likeness (QED) is 0.870. The molecule has 2 aliphatic rings. The van der Waals surface area contributed by atoms with Gasteiger partial charge >= 0.3 is 5.97 Å². The maximum absolute atomic E-state index is 12.8. The number of carbonyl (C=O) groups excluding carboxylic acids is 1. The second-order valence-electron chi connectivity index (χ2n) is 7.25. The van der Waals surface area contributed by atoms with E-state index in [4.69, 9.17) is 23.2 Å². The van der Waals surface area contributed by atoms with Gasteiger partial charge in [0.1, 0.15) is 0 Å². The minimum absolute atomic E-state index is 0.00197. The lowest BCUT2D eigenvalue weighted by molar-refractivity contribution is -0.151. The van der Waals surface area contributed by atoms with Crippen molar-refractivity contribution in [2.24, 2.45) is 17.3 Å². The third kappa shape index (κ3) is 2.91. The SMILES string of the molecule is CC(C)C1(C(=O)O)CCN(C(=O)C2CC2c2ccc(Cl)c(Cl)c2)C1. The predicted molar refractivity (Wildman–Crippen MR) is 93.4 cm³/mol. The molecular formula is C18H21Cl2NO3. The van der Waals surface area contributed by atoms with Crippen molar-refractivity contribution in [2.45, 2.75) is 32.6 Å². The summed E-state index contributed by atoms with van der Waals surface area (Å²) in [6.45, 7) is 4.66. The van der Waals surface area contributed by atoms with Crippen molar-refractivity contribution in [2.75, 3.05) is 13.1 Å². The van der Waals surface area contributed by atoms with Gasteiger partial charge in [-0.3, -0.25) is 9.59 Å². The largest absolute Gasteiger partial charge is 0.481 e. The molecule has 3 atom stereocenters. The number of hydrogen-bond donors (Lipinski definition) is 1. The number of amides is 1. The number of halogens is 2. The van der Waals surface area contributed by atoms with E-state index in [1.54, 1.807) is 11.0 Å². The lowest BCUT2D eigenvalue weighted by atomic mass is 9.76. The van der Waals surface area contributed by atoms with Crippen LogP contribution < -0.4 is 0 Å². The number of carbonyl (C=O) groups is 2. The Bertz CT molecular complexity index is 691. The molecule has 1 aliphatic carbocycles. The molecule has 1 saturated heterocycles. The van der Waals surface area contributed by atoms with Gasteiger partial charge in [-0.25, -0.2) is 0 Å². The Labute approximate surface area is 151 Å². The van der Waals surface area contributed by atoms with Gasteiger partial charge in [-0.2, -0.15) is 0 Å². The van der Waals surface area contributed by atoms with Crippen LogP contribution in [0, 0.1) is 17.3 Å². The molecule has 0 aromatic heterocycles. The number of benzene rings is 1. The Morgan fingerprint density at radius 1 is 1.29 bits per heavy atom. The van der Waals surface area contributed by atoms with Crippen molar-refractivity contribution >= 4 is 35.1 Å². The maximum atomic E-state index is 12.8. The van der Waals surface area contributed by atoms with Crippen LogP contribution in [0.4, 0.5) is 0 Å². The molecule has 130 valence electrons. The van der Waals surface area contributed by atoms with Crippen molar-refractivity contribution < 1.29 is 14.7 Å². The fraction of sp³-hybridized carbons (Fsp3) is 0.556. The molecule has 1 aromatic rings. The summed E-state index contributed by atoms with van der Waals surface area (Å²) in [5.74, 6) is -0.650. The molecule has 1 amide bonds. The number of aliphatic carboxylic acids is 1. The van der Waals surface area contributed by atoms with Crippen LogP contribution in [0.3, 0.4) is 0 Å². The summed E-state index contributed by atoms with van der Waals surface area (Å²) >= 11 is 12.0. The molecule has 0 bridgehead atoms. The average molecular weight is 370 g/mol. The summed E-state index contributed by atoms with van der Waals surface area (Å²) in [6.07, 6.45) is 1.31. The highest BCUT2D eigenvalue weighted by molar-refractivity contribution is 6.42. The van der Waals surface area contributed by atoms with E-state index in [0.29, 0.717) is 29.6 Å². The smallest absolute Gasteiger partial charge is 0.311 e. The van der Waals surface area contributed by atoms with Crippen molar-refractivity contribution in [1.82, 2.24) is 4.90 Å². The third-order valence-electron chi connectivity index (χ3n) is 5.62. The minimum atomic E-state index is -0.816. The van der Waals surface area contributed by atoms with E-state index in [0.717, 1.165) is 12.0 Å². The summed E-state index contributed by atoms with van der Waals surface area (Å²) in [4.78, 5) is 26.2. The van der Waals surface area contributed by atoms with E-state index in [9.17, 15) is 14.7 Å². The number of hydrogen-bond acceptors (Lipinski definition) is 2. The van der Waals surface area contributed by atoms with Crippen LogP contribution in [-0.4, -0.2) is 35.0 Å². The van der Waals surface area contributed by atoms with E-state index in [1.807, 2.05) is 26.0 Å². The Kier molecular flexibility index (Phi) is 4.56.